The summed E-state index contributed by atoms with van der Waals surface area (Å²) in [6.07, 6.45) is -4.65. The van der Waals surface area contributed by atoms with Crippen molar-refractivity contribution in [3.05, 3.63) is 99.2 Å². The van der Waals surface area contributed by atoms with Crippen LogP contribution in [0.4, 0.5) is 13.2 Å². The van der Waals surface area contributed by atoms with Crippen LogP contribution in [0, 0.1) is 11.3 Å². The second-order valence-corrected chi connectivity index (χ2v) is 8.24. The van der Waals surface area contributed by atoms with Gasteiger partial charge in [0.25, 0.3) is 0 Å². The average molecular weight is 506 g/mol. The van der Waals surface area contributed by atoms with Crippen molar-refractivity contribution in [2.75, 3.05) is 7.11 Å². The van der Waals surface area contributed by atoms with Crippen LogP contribution in [-0.2, 0) is 6.18 Å². The van der Waals surface area contributed by atoms with E-state index in [4.69, 9.17) is 19.6 Å². The Morgan fingerprint density at radius 2 is 1.84 bits per heavy atom. The van der Waals surface area contributed by atoms with E-state index in [1.165, 1.54) is 61.7 Å². The van der Waals surface area contributed by atoms with Gasteiger partial charge in [-0.2, -0.15) is 18.4 Å². The molecule has 3 aromatic carbocycles. The summed E-state index contributed by atoms with van der Waals surface area (Å²) in [5.74, 6) is -1.41. The molecule has 10 heteroatoms. The minimum Gasteiger partial charge on any atom is -0.508 e. The number of hydrogen-bond acceptors (Lipinski definition) is 7. The molecule has 4 aromatic rings. The van der Waals surface area contributed by atoms with E-state index in [0.29, 0.717) is 0 Å². The van der Waals surface area contributed by atoms with Crippen LogP contribution < -0.4 is 20.8 Å². The lowest BCUT2D eigenvalue weighted by Crippen LogP contribution is -2.26. The molecule has 0 bridgehead atoms. The molecule has 3 N–H and O–H groups in total. The number of nitriles is 1. The van der Waals surface area contributed by atoms with Crippen molar-refractivity contribution in [3.8, 4) is 34.4 Å². The molecule has 0 radical (unpaired) electrons. The molecule has 7 nitrogen and oxygen atoms in total. The standard InChI is InChI=1S/C27H17F3N2O5/c1-35-20-8-6-13(10-16(20)15-4-2-3-5-19(15)27(28,29)30)22-18(12-31)25(32)37-24-17-11-14(33)7-9-21(17)36-26(34)23(22)24/h2-11,22,33H,32H2,1H3. The molecule has 37 heavy (non-hydrogen) atoms. The first-order valence-corrected chi connectivity index (χ1v) is 10.9. The number of allylic oxidation sites excluding steroid dienone is 1. The van der Waals surface area contributed by atoms with Crippen molar-refractivity contribution in [2.45, 2.75) is 12.1 Å². The lowest BCUT2D eigenvalue weighted by atomic mass is 9.82. The summed E-state index contributed by atoms with van der Waals surface area (Å²) in [5, 5.41) is 20.1. The van der Waals surface area contributed by atoms with Crippen LogP contribution in [0.2, 0.25) is 0 Å². The third-order valence-electron chi connectivity index (χ3n) is 6.13. The first kappa shape index (κ1) is 23.8. The molecule has 1 unspecified atom stereocenters. The van der Waals surface area contributed by atoms with Gasteiger partial charge < -0.3 is 24.7 Å². The molecule has 5 rings (SSSR count). The zero-order chi connectivity index (χ0) is 26.5. The summed E-state index contributed by atoms with van der Waals surface area (Å²) in [5.41, 5.74) is 4.50. The molecule has 2 heterocycles. The number of phenols is 1. The quantitative estimate of drug-likeness (QED) is 0.357. The number of hydrogen-bond donors (Lipinski definition) is 2. The number of alkyl halides is 3. The van der Waals surface area contributed by atoms with Crippen LogP contribution in [-0.4, -0.2) is 12.2 Å². The second kappa shape index (κ2) is 8.64. The molecule has 186 valence electrons. The summed E-state index contributed by atoms with van der Waals surface area (Å²) in [7, 11) is 1.32. The fourth-order valence-corrected chi connectivity index (χ4v) is 4.52. The third kappa shape index (κ3) is 3.90. The maximum atomic E-state index is 13.8. The van der Waals surface area contributed by atoms with E-state index in [0.717, 1.165) is 6.07 Å². The molecule has 1 aliphatic rings. The molecule has 0 fully saturated rings. The molecule has 0 spiro atoms. The summed E-state index contributed by atoms with van der Waals surface area (Å²) in [4.78, 5) is 13.1. The van der Waals surface area contributed by atoms with Crippen LogP contribution in [0.5, 0.6) is 17.2 Å². The molecule has 1 atom stereocenters. The Labute approximate surface area is 207 Å². The number of aromatic hydroxyl groups is 1. The van der Waals surface area contributed by atoms with Gasteiger partial charge in [0.15, 0.2) is 5.75 Å². The number of rotatable bonds is 3. The zero-order valence-corrected chi connectivity index (χ0v) is 19.1. The molecule has 0 amide bonds. The van der Waals surface area contributed by atoms with Crippen molar-refractivity contribution in [2.24, 2.45) is 5.73 Å². The highest BCUT2D eigenvalue weighted by molar-refractivity contribution is 5.87. The van der Waals surface area contributed by atoms with Gasteiger partial charge in [0.2, 0.25) is 5.88 Å². The number of phenolic OH excluding ortho intramolecular Hbond substituents is 1. The van der Waals surface area contributed by atoms with Crippen LogP contribution >= 0.6 is 0 Å². The van der Waals surface area contributed by atoms with Gasteiger partial charge >= 0.3 is 11.8 Å². The summed E-state index contributed by atoms with van der Waals surface area (Å²) in [6, 6.07) is 15.4. The Kier molecular flexibility index (Phi) is 5.56. The van der Waals surface area contributed by atoms with E-state index in [-0.39, 0.29) is 61.9 Å². The van der Waals surface area contributed by atoms with E-state index >= 15 is 0 Å². The fourth-order valence-electron chi connectivity index (χ4n) is 4.52. The minimum absolute atomic E-state index is 0.0169. The van der Waals surface area contributed by atoms with Gasteiger partial charge in [-0.25, -0.2) is 4.79 Å². The van der Waals surface area contributed by atoms with Gasteiger partial charge in [-0.15, -0.1) is 0 Å². The highest BCUT2D eigenvalue weighted by atomic mass is 19.4. The fraction of sp³-hybridized carbons (Fsp3) is 0.111. The predicted molar refractivity (Wildman–Crippen MR) is 127 cm³/mol. The van der Waals surface area contributed by atoms with E-state index in [1.807, 2.05) is 6.07 Å². The Bertz CT molecular complexity index is 1700. The zero-order valence-electron chi connectivity index (χ0n) is 19.1. The van der Waals surface area contributed by atoms with Crippen molar-refractivity contribution in [3.63, 3.8) is 0 Å². The largest absolute Gasteiger partial charge is 0.508 e. The smallest absolute Gasteiger partial charge is 0.417 e. The maximum absolute atomic E-state index is 13.8. The summed E-state index contributed by atoms with van der Waals surface area (Å²) < 4.78 is 57.9. The minimum atomic E-state index is -4.65. The molecule has 0 saturated carbocycles. The van der Waals surface area contributed by atoms with Crippen LogP contribution in [0.3, 0.4) is 0 Å². The Morgan fingerprint density at radius 3 is 2.54 bits per heavy atom. The van der Waals surface area contributed by atoms with Crippen molar-refractivity contribution < 1.29 is 32.2 Å². The van der Waals surface area contributed by atoms with Gasteiger partial charge in [-0.05, 0) is 47.5 Å². The monoisotopic (exact) mass is 506 g/mol. The van der Waals surface area contributed by atoms with Crippen molar-refractivity contribution in [1.82, 2.24) is 0 Å². The summed E-state index contributed by atoms with van der Waals surface area (Å²) in [6.45, 7) is 0. The molecular weight excluding hydrogens is 489 g/mol. The Hall–Kier alpha value is -4.91. The first-order chi connectivity index (χ1) is 17.6. The van der Waals surface area contributed by atoms with E-state index in [1.54, 1.807) is 0 Å². The number of nitrogens with two attached hydrogens (primary N) is 1. The van der Waals surface area contributed by atoms with Crippen LogP contribution in [0.15, 0.2) is 81.3 Å². The Morgan fingerprint density at radius 1 is 1.08 bits per heavy atom. The van der Waals surface area contributed by atoms with Crippen molar-refractivity contribution >= 4 is 11.0 Å². The van der Waals surface area contributed by atoms with Gasteiger partial charge in [0.05, 0.1) is 29.5 Å². The molecular formula is C27H17F3N2O5. The van der Waals surface area contributed by atoms with E-state index in [9.17, 15) is 28.3 Å². The number of ether oxygens (including phenoxy) is 2. The second-order valence-electron chi connectivity index (χ2n) is 8.24. The number of halogens is 3. The number of methoxy groups -OCH3 is 1. The van der Waals surface area contributed by atoms with Crippen LogP contribution in [0.25, 0.3) is 22.1 Å². The van der Waals surface area contributed by atoms with Crippen LogP contribution in [0.1, 0.15) is 22.6 Å². The highest BCUT2D eigenvalue weighted by Gasteiger charge is 2.37. The van der Waals surface area contributed by atoms with E-state index < -0.39 is 23.3 Å². The number of nitrogens with zero attached hydrogens (tertiary/aromatic N) is 1. The SMILES string of the molecule is COc1ccc(C2C(C#N)=C(N)Oc3c2c(=O)oc2ccc(O)cc32)cc1-c1ccccc1C(F)(F)F. The molecule has 1 aromatic heterocycles. The maximum Gasteiger partial charge on any atom is 0.417 e. The van der Waals surface area contributed by atoms with Gasteiger partial charge in [0.1, 0.15) is 28.7 Å². The number of fused-ring (bicyclic) bond motifs is 3. The molecule has 1 aliphatic heterocycles. The van der Waals surface area contributed by atoms with Crippen molar-refractivity contribution in [1.29, 1.82) is 5.26 Å². The lowest BCUT2D eigenvalue weighted by molar-refractivity contribution is -0.137. The van der Waals surface area contributed by atoms with Gasteiger partial charge in [0, 0.05) is 5.56 Å². The predicted octanol–water partition coefficient (Wildman–Crippen LogP) is 5.41. The van der Waals surface area contributed by atoms with Gasteiger partial charge in [-0.3, -0.25) is 0 Å². The third-order valence-corrected chi connectivity index (χ3v) is 6.13. The number of benzene rings is 3. The van der Waals surface area contributed by atoms with Gasteiger partial charge in [-0.1, -0.05) is 24.3 Å². The normalized spacial score (nSPS) is 15.2. The highest BCUT2D eigenvalue weighted by Crippen LogP contribution is 2.47. The molecule has 0 saturated heterocycles. The molecule has 0 aliphatic carbocycles. The first-order valence-electron chi connectivity index (χ1n) is 10.9. The lowest BCUT2D eigenvalue weighted by Gasteiger charge is -2.26. The Balaban J connectivity index is 1.81. The average Bonchev–Trinajstić information content (AvgIpc) is 2.87. The topological polar surface area (TPSA) is 119 Å². The van der Waals surface area contributed by atoms with E-state index in [2.05, 4.69) is 0 Å². The summed E-state index contributed by atoms with van der Waals surface area (Å²) >= 11 is 0.